The lowest BCUT2D eigenvalue weighted by Gasteiger charge is -2.36. The van der Waals surface area contributed by atoms with Gasteiger partial charge in [0.1, 0.15) is 0 Å². The highest BCUT2D eigenvalue weighted by atomic mass is 35.5. The zero-order valence-electron chi connectivity index (χ0n) is 18.0. The molecule has 1 aliphatic heterocycles. The molecule has 1 fully saturated rings. The van der Waals surface area contributed by atoms with Crippen molar-refractivity contribution in [1.29, 1.82) is 0 Å². The minimum atomic E-state index is -0.691. The Bertz CT molecular complexity index is 1050. The number of rotatable bonds is 7. The molecule has 1 N–H and O–H groups in total. The second-order valence-electron chi connectivity index (χ2n) is 8.70. The van der Waals surface area contributed by atoms with Gasteiger partial charge in [0.2, 0.25) is 0 Å². The number of nitrogens with zero attached hydrogens (tertiary/aromatic N) is 1. The average Bonchev–Trinajstić information content (AvgIpc) is 2.72. The number of hydrogen-bond donors (Lipinski definition) is 1. The molecular weight excluding hydrogens is 406 g/mol. The summed E-state index contributed by atoms with van der Waals surface area (Å²) in [4.78, 5) is 13.2. The highest BCUT2D eigenvalue weighted by molar-refractivity contribution is 6.30. The lowest BCUT2D eigenvalue weighted by atomic mass is 9.85. The van der Waals surface area contributed by atoms with Crippen LogP contribution in [0.4, 0.5) is 0 Å². The van der Waals surface area contributed by atoms with Gasteiger partial charge in [-0.05, 0) is 65.8 Å². The fourth-order valence-corrected chi connectivity index (χ4v) is 4.38. The van der Waals surface area contributed by atoms with Gasteiger partial charge in [-0.25, -0.2) is 0 Å². The molecule has 1 atom stereocenters. The van der Waals surface area contributed by atoms with Gasteiger partial charge < -0.3 is 5.11 Å². The van der Waals surface area contributed by atoms with Crippen molar-refractivity contribution in [3.8, 4) is 0 Å². The summed E-state index contributed by atoms with van der Waals surface area (Å²) in [6.45, 7) is 6.38. The summed E-state index contributed by atoms with van der Waals surface area (Å²) in [7, 11) is 0. The summed E-state index contributed by atoms with van der Waals surface area (Å²) in [5, 5.41) is 9.81. The molecule has 3 aromatic carbocycles. The molecule has 0 amide bonds. The van der Waals surface area contributed by atoms with Crippen molar-refractivity contribution in [3.05, 3.63) is 105 Å². The molecule has 1 aliphatic rings. The van der Waals surface area contributed by atoms with Crippen LogP contribution >= 0.6 is 11.6 Å². The number of aliphatic carboxylic acids is 1. The molecule has 1 heterocycles. The Labute approximate surface area is 189 Å². The number of carboxylic acid groups (broad SMARTS) is 1. The van der Waals surface area contributed by atoms with Crippen LogP contribution in [0.25, 0.3) is 0 Å². The first-order valence-electron chi connectivity index (χ1n) is 10.7. The van der Waals surface area contributed by atoms with Crippen molar-refractivity contribution < 1.29 is 9.90 Å². The maximum absolute atomic E-state index is 11.0. The van der Waals surface area contributed by atoms with E-state index in [4.69, 9.17) is 16.7 Å². The van der Waals surface area contributed by atoms with E-state index in [1.165, 1.54) is 33.4 Å². The van der Waals surface area contributed by atoms with Gasteiger partial charge in [0, 0.05) is 30.6 Å². The van der Waals surface area contributed by atoms with E-state index in [9.17, 15) is 4.79 Å². The SMILES string of the molecule is Cc1ccc(CC(c2ccc(Cl)cc2)c2ccc(CN3CC(C(=O)O)C3)cc2)cc1C. The molecule has 0 radical (unpaired) electrons. The second-order valence-corrected chi connectivity index (χ2v) is 9.13. The first-order valence-corrected chi connectivity index (χ1v) is 11.1. The van der Waals surface area contributed by atoms with E-state index in [1.807, 2.05) is 12.1 Å². The van der Waals surface area contributed by atoms with Gasteiger partial charge >= 0.3 is 5.97 Å². The Morgan fingerprint density at radius 3 is 2.10 bits per heavy atom. The fraction of sp³-hybridized carbons (Fsp3) is 0.296. The molecule has 3 nitrogen and oxygen atoms in total. The number of halogens is 1. The molecule has 160 valence electrons. The Balaban J connectivity index is 1.54. The standard InChI is InChI=1S/C27H28ClNO2/c1-18-3-4-21(13-19(18)2)14-26(23-9-11-25(28)12-10-23)22-7-5-20(6-8-22)15-29-16-24(17-29)27(30)31/h3-13,24,26H,14-17H2,1-2H3,(H,30,31). The number of benzene rings is 3. The van der Waals surface area contributed by atoms with E-state index in [0.717, 1.165) is 18.0 Å². The van der Waals surface area contributed by atoms with Crippen molar-refractivity contribution in [2.24, 2.45) is 5.92 Å². The molecule has 0 aliphatic carbocycles. The zero-order chi connectivity index (χ0) is 22.0. The third-order valence-corrected chi connectivity index (χ3v) is 6.63. The number of carboxylic acids is 1. The summed E-state index contributed by atoms with van der Waals surface area (Å²) in [6, 6.07) is 23.6. The van der Waals surface area contributed by atoms with E-state index in [1.54, 1.807) is 0 Å². The molecular formula is C27H28ClNO2. The van der Waals surface area contributed by atoms with Gasteiger partial charge in [0.05, 0.1) is 5.92 Å². The third-order valence-electron chi connectivity index (χ3n) is 6.38. The molecule has 0 saturated carbocycles. The number of hydrogen-bond acceptors (Lipinski definition) is 2. The summed E-state index contributed by atoms with van der Waals surface area (Å²) in [6.07, 6.45) is 0.925. The topological polar surface area (TPSA) is 40.5 Å². The van der Waals surface area contributed by atoms with E-state index >= 15 is 0 Å². The Kier molecular flexibility index (Phi) is 6.45. The van der Waals surface area contributed by atoms with Crippen LogP contribution in [-0.4, -0.2) is 29.1 Å². The second kappa shape index (κ2) is 9.25. The molecule has 4 heteroatoms. The van der Waals surface area contributed by atoms with Gasteiger partial charge in [-0.3, -0.25) is 9.69 Å². The minimum absolute atomic E-state index is 0.216. The van der Waals surface area contributed by atoms with Gasteiger partial charge in [-0.2, -0.15) is 0 Å². The Hall–Kier alpha value is -2.62. The Morgan fingerprint density at radius 1 is 0.935 bits per heavy atom. The monoisotopic (exact) mass is 433 g/mol. The van der Waals surface area contributed by atoms with Gasteiger partial charge in [-0.1, -0.05) is 66.2 Å². The molecule has 1 unspecified atom stereocenters. The summed E-state index contributed by atoms with van der Waals surface area (Å²) < 4.78 is 0. The normalized spacial score (nSPS) is 15.5. The predicted molar refractivity (Wildman–Crippen MR) is 126 cm³/mol. The third kappa shape index (κ3) is 5.17. The Morgan fingerprint density at radius 2 is 1.52 bits per heavy atom. The van der Waals surface area contributed by atoms with E-state index in [-0.39, 0.29) is 11.8 Å². The van der Waals surface area contributed by atoms with E-state index < -0.39 is 5.97 Å². The molecule has 31 heavy (non-hydrogen) atoms. The van der Waals surface area contributed by atoms with Crippen LogP contribution in [0.5, 0.6) is 0 Å². The van der Waals surface area contributed by atoms with Crippen LogP contribution in [-0.2, 0) is 17.8 Å². The highest BCUT2D eigenvalue weighted by Gasteiger charge is 2.32. The van der Waals surface area contributed by atoms with E-state index in [0.29, 0.717) is 13.1 Å². The van der Waals surface area contributed by atoms with E-state index in [2.05, 4.69) is 73.3 Å². The molecule has 0 spiro atoms. The fourth-order valence-electron chi connectivity index (χ4n) is 4.26. The smallest absolute Gasteiger partial charge is 0.309 e. The zero-order valence-corrected chi connectivity index (χ0v) is 18.8. The number of carbonyl (C=O) groups is 1. The summed E-state index contributed by atoms with van der Waals surface area (Å²) >= 11 is 6.14. The summed E-state index contributed by atoms with van der Waals surface area (Å²) in [5.74, 6) is -0.663. The first kappa shape index (κ1) is 21.6. The van der Waals surface area contributed by atoms with Crippen LogP contribution in [0.1, 0.15) is 39.3 Å². The molecule has 4 rings (SSSR count). The van der Waals surface area contributed by atoms with Gasteiger partial charge in [0.15, 0.2) is 0 Å². The molecule has 1 saturated heterocycles. The summed E-state index contributed by atoms with van der Waals surface area (Å²) in [5.41, 5.74) is 7.70. The maximum Gasteiger partial charge on any atom is 0.309 e. The van der Waals surface area contributed by atoms with Gasteiger partial charge in [-0.15, -0.1) is 0 Å². The van der Waals surface area contributed by atoms with Crippen molar-refractivity contribution in [1.82, 2.24) is 4.90 Å². The van der Waals surface area contributed by atoms with Crippen molar-refractivity contribution in [2.45, 2.75) is 32.7 Å². The minimum Gasteiger partial charge on any atom is -0.481 e. The van der Waals surface area contributed by atoms with Crippen LogP contribution < -0.4 is 0 Å². The van der Waals surface area contributed by atoms with Crippen LogP contribution in [0.15, 0.2) is 66.7 Å². The van der Waals surface area contributed by atoms with Crippen molar-refractivity contribution in [2.75, 3.05) is 13.1 Å². The highest BCUT2D eigenvalue weighted by Crippen LogP contribution is 2.31. The quantitative estimate of drug-likeness (QED) is 0.508. The first-order chi connectivity index (χ1) is 14.9. The van der Waals surface area contributed by atoms with Crippen LogP contribution in [0.3, 0.4) is 0 Å². The van der Waals surface area contributed by atoms with Crippen molar-refractivity contribution >= 4 is 17.6 Å². The lowest BCUT2D eigenvalue weighted by Crippen LogP contribution is -2.49. The number of aryl methyl sites for hydroxylation is 2. The molecule has 3 aromatic rings. The largest absolute Gasteiger partial charge is 0.481 e. The maximum atomic E-state index is 11.0. The average molecular weight is 434 g/mol. The number of likely N-dealkylation sites (tertiary alicyclic amines) is 1. The van der Waals surface area contributed by atoms with Crippen molar-refractivity contribution in [3.63, 3.8) is 0 Å². The van der Waals surface area contributed by atoms with Crippen LogP contribution in [0.2, 0.25) is 5.02 Å². The van der Waals surface area contributed by atoms with Crippen LogP contribution in [0, 0.1) is 19.8 Å². The molecule has 0 bridgehead atoms. The lowest BCUT2D eigenvalue weighted by molar-refractivity contribution is -0.147. The molecule has 0 aromatic heterocycles. The predicted octanol–water partition coefficient (Wildman–Crippen LogP) is 5.85. The van der Waals surface area contributed by atoms with Gasteiger partial charge in [0.25, 0.3) is 0 Å².